The minimum atomic E-state index is -4.74. The lowest BCUT2D eigenvalue weighted by Gasteiger charge is -2.23. The van der Waals surface area contributed by atoms with Crippen molar-refractivity contribution < 1.29 is 50.5 Å². The van der Waals surface area contributed by atoms with Crippen molar-refractivity contribution in [2.45, 2.75) is 56.8 Å². The molecule has 0 aliphatic rings. The molecule has 0 saturated heterocycles. The van der Waals surface area contributed by atoms with Crippen molar-refractivity contribution in [3.8, 4) is 16.9 Å². The highest BCUT2D eigenvalue weighted by atomic mass is 32.2. The Balaban J connectivity index is 1.54. The van der Waals surface area contributed by atoms with Gasteiger partial charge in [0.05, 0.1) is 28.3 Å². The van der Waals surface area contributed by atoms with Crippen molar-refractivity contribution in [3.05, 3.63) is 107 Å². The summed E-state index contributed by atoms with van der Waals surface area (Å²) < 4.78 is 80.2. The molecule has 272 valence electrons. The Morgan fingerprint density at radius 2 is 1.65 bits per heavy atom. The summed E-state index contributed by atoms with van der Waals surface area (Å²) in [4.78, 5) is 29.3. The number of rotatable bonds is 12. The fourth-order valence-corrected chi connectivity index (χ4v) is 5.52. The lowest BCUT2D eigenvalue weighted by atomic mass is 10.1. The lowest BCUT2D eigenvalue weighted by molar-refractivity contribution is -0.710. The van der Waals surface area contributed by atoms with E-state index in [9.17, 15) is 36.4 Å². The summed E-state index contributed by atoms with van der Waals surface area (Å²) in [6, 6.07) is 19.3. The van der Waals surface area contributed by atoms with Gasteiger partial charge in [-0.3, -0.25) is 4.79 Å². The van der Waals surface area contributed by atoms with Gasteiger partial charge in [-0.05, 0) is 63.6 Å². The number of likely N-dealkylation sites (N-methyl/N-ethyl adjacent to an activating group) is 1. The SMILES string of the molecule is Cc1ccc(-c2cc(C(F)(F)F)nn2-c2ccc(S(=O)(=O)NC(=O)[C@H](Cc3ccccc3)N(C)/[N+]([O-])=N/OCOC(=O)OC(C)(C)C)cc2)cc1. The molecule has 0 aliphatic carbocycles. The van der Waals surface area contributed by atoms with Crippen molar-refractivity contribution in [2.24, 2.45) is 5.28 Å². The molecule has 4 rings (SSSR count). The third-order valence-electron chi connectivity index (χ3n) is 7.02. The van der Waals surface area contributed by atoms with Gasteiger partial charge in [-0.1, -0.05) is 60.2 Å². The van der Waals surface area contributed by atoms with Crippen LogP contribution in [0.15, 0.2) is 95.1 Å². The number of nitrogens with zero attached hydrogens (tertiary/aromatic N) is 5. The fourth-order valence-electron chi connectivity index (χ4n) is 4.51. The van der Waals surface area contributed by atoms with Crippen molar-refractivity contribution in [2.75, 3.05) is 13.8 Å². The number of carbonyl (C=O) groups is 2. The van der Waals surface area contributed by atoms with Gasteiger partial charge in [0.25, 0.3) is 22.7 Å². The van der Waals surface area contributed by atoms with Gasteiger partial charge in [-0.2, -0.15) is 18.3 Å². The van der Waals surface area contributed by atoms with Crippen molar-refractivity contribution in [3.63, 3.8) is 0 Å². The van der Waals surface area contributed by atoms with Crippen molar-refractivity contribution >= 4 is 22.1 Å². The van der Waals surface area contributed by atoms with E-state index in [0.29, 0.717) is 11.1 Å². The topological polar surface area (TPSA) is 167 Å². The van der Waals surface area contributed by atoms with Crippen LogP contribution in [0.1, 0.15) is 37.6 Å². The van der Waals surface area contributed by atoms with Crippen LogP contribution in [-0.4, -0.2) is 65.7 Å². The molecule has 0 unspecified atom stereocenters. The molecule has 0 bridgehead atoms. The first-order chi connectivity index (χ1) is 23.8. The first-order valence-corrected chi connectivity index (χ1v) is 16.7. The maximum Gasteiger partial charge on any atom is 0.511 e. The molecule has 0 aliphatic heterocycles. The molecule has 1 amide bonds. The Morgan fingerprint density at radius 1 is 1.02 bits per heavy atom. The van der Waals surface area contributed by atoms with Crippen LogP contribution in [0, 0.1) is 12.1 Å². The van der Waals surface area contributed by atoms with Gasteiger partial charge in [0.15, 0.2) is 11.7 Å². The molecular weight excluding hydrogens is 697 g/mol. The van der Waals surface area contributed by atoms with Crippen molar-refractivity contribution in [1.82, 2.24) is 19.5 Å². The number of sulfonamides is 1. The van der Waals surface area contributed by atoms with Gasteiger partial charge in [0.1, 0.15) is 5.60 Å². The van der Waals surface area contributed by atoms with Crippen LogP contribution in [0.4, 0.5) is 18.0 Å². The zero-order valence-corrected chi connectivity index (χ0v) is 28.9. The fraction of sp³-hybridized carbons (Fsp3) is 0.303. The summed E-state index contributed by atoms with van der Waals surface area (Å²) in [6.45, 7) is 5.86. The second-order valence-corrected chi connectivity index (χ2v) is 13.8. The van der Waals surface area contributed by atoms with Crippen LogP contribution < -0.4 is 4.72 Å². The highest BCUT2D eigenvalue weighted by molar-refractivity contribution is 7.90. The van der Waals surface area contributed by atoms with E-state index in [0.717, 1.165) is 40.5 Å². The summed E-state index contributed by atoms with van der Waals surface area (Å²) in [5, 5.41) is 20.5. The van der Waals surface area contributed by atoms with Crippen LogP contribution in [0.25, 0.3) is 16.9 Å². The average molecular weight is 733 g/mol. The van der Waals surface area contributed by atoms with E-state index in [2.05, 4.69) is 15.1 Å². The Hall–Kier alpha value is -5.65. The number of amides is 1. The molecule has 1 aromatic heterocycles. The van der Waals surface area contributed by atoms with Crippen LogP contribution in [-0.2, 0) is 41.7 Å². The lowest BCUT2D eigenvalue weighted by Crippen LogP contribution is -2.50. The van der Waals surface area contributed by atoms with Crippen LogP contribution in [0.5, 0.6) is 0 Å². The third-order valence-corrected chi connectivity index (χ3v) is 8.38. The molecule has 0 saturated carbocycles. The summed E-state index contributed by atoms with van der Waals surface area (Å²) in [5.41, 5.74) is 0.154. The maximum absolute atomic E-state index is 13.6. The molecule has 1 heterocycles. The van der Waals surface area contributed by atoms with Gasteiger partial charge in [-0.25, -0.2) is 22.6 Å². The number of aryl methyl sites for hydroxylation is 1. The zero-order chi connectivity index (χ0) is 37.6. The number of nitrogens with one attached hydrogen (secondary N) is 1. The van der Waals surface area contributed by atoms with Gasteiger partial charge in [-0.15, -0.1) is 5.01 Å². The van der Waals surface area contributed by atoms with Gasteiger partial charge in [0, 0.05) is 12.0 Å². The molecule has 3 aromatic carbocycles. The largest absolute Gasteiger partial charge is 0.569 e. The third kappa shape index (κ3) is 10.4. The predicted molar refractivity (Wildman–Crippen MR) is 175 cm³/mol. The highest BCUT2D eigenvalue weighted by Crippen LogP contribution is 2.33. The number of hydrogen-bond acceptors (Lipinski definition) is 10. The molecule has 1 atom stereocenters. The number of alkyl halides is 3. The van der Waals surface area contributed by atoms with E-state index >= 15 is 0 Å². The standard InChI is InChI=1S/C33H35F3N6O8S/c1-22-11-13-24(14-12-22)27-20-29(33(34,35)36)37-41(27)25-15-17-26(18-16-25)51(46,47)38-30(43)28(19-23-9-7-6-8-10-23)40(5)42(45)39-49-21-48-31(44)50-32(2,3)4/h6-18,20,28H,19,21H2,1-5H3,(H,38,43)/b42-39-/t28-/m0/s1. The Kier molecular flexibility index (Phi) is 11.6. The van der Waals surface area contributed by atoms with Gasteiger partial charge in [0.2, 0.25) is 5.28 Å². The first kappa shape index (κ1) is 38.2. The molecule has 4 aromatic rings. The highest BCUT2D eigenvalue weighted by Gasteiger charge is 2.36. The van der Waals surface area contributed by atoms with Crippen molar-refractivity contribution in [1.29, 1.82) is 0 Å². The minimum absolute atomic E-state index is 0.117. The molecule has 0 fully saturated rings. The van der Waals surface area contributed by atoms with E-state index in [1.54, 1.807) is 75.4 Å². The summed E-state index contributed by atoms with van der Waals surface area (Å²) >= 11 is 0. The Bertz CT molecular complexity index is 1960. The molecule has 51 heavy (non-hydrogen) atoms. The number of carbonyl (C=O) groups excluding carboxylic acids is 2. The van der Waals surface area contributed by atoms with Crippen LogP contribution in [0.3, 0.4) is 0 Å². The predicted octanol–water partition coefficient (Wildman–Crippen LogP) is 5.93. The quantitative estimate of drug-likeness (QED) is 0.0460. The maximum atomic E-state index is 13.6. The van der Waals surface area contributed by atoms with Crippen LogP contribution >= 0.6 is 0 Å². The first-order valence-electron chi connectivity index (χ1n) is 15.2. The number of aromatic nitrogens is 2. The molecule has 1 N–H and O–H groups in total. The number of hydrazine groups is 1. The van der Waals surface area contributed by atoms with Crippen LogP contribution in [0.2, 0.25) is 0 Å². The smallest absolute Gasteiger partial charge is 0.511 e. The molecular formula is C33H35F3N6O8S. The number of ether oxygens (including phenoxy) is 2. The monoisotopic (exact) mass is 732 g/mol. The Morgan fingerprint density at radius 3 is 2.24 bits per heavy atom. The van der Waals surface area contributed by atoms with E-state index in [1.807, 2.05) is 11.6 Å². The minimum Gasteiger partial charge on any atom is -0.569 e. The normalized spacial score (nSPS) is 12.9. The number of halogens is 3. The number of benzene rings is 3. The molecule has 0 spiro atoms. The van der Waals surface area contributed by atoms with E-state index in [-0.39, 0.29) is 22.8 Å². The summed E-state index contributed by atoms with van der Waals surface area (Å²) in [5.74, 6) is -1.12. The molecule has 18 heteroatoms. The molecule has 14 nitrogen and oxygen atoms in total. The second-order valence-electron chi connectivity index (χ2n) is 12.1. The Labute approximate surface area is 291 Å². The zero-order valence-electron chi connectivity index (χ0n) is 28.1. The average Bonchev–Trinajstić information content (AvgIpc) is 3.51. The number of hydrogen-bond donors (Lipinski definition) is 1. The summed E-state index contributed by atoms with van der Waals surface area (Å²) in [6.07, 6.45) is -5.97. The van der Waals surface area contributed by atoms with E-state index in [1.165, 1.54) is 12.1 Å². The van der Waals surface area contributed by atoms with E-state index < -0.39 is 57.3 Å². The van der Waals surface area contributed by atoms with E-state index in [4.69, 9.17) is 9.57 Å². The second kappa shape index (κ2) is 15.5. The molecule has 0 radical (unpaired) electrons. The van der Waals surface area contributed by atoms with Gasteiger partial charge < -0.3 is 19.5 Å². The summed E-state index contributed by atoms with van der Waals surface area (Å²) in [7, 11) is -3.41. The van der Waals surface area contributed by atoms with Gasteiger partial charge >= 0.3 is 12.3 Å².